The molecular formula is C2H8NaO9S2. The standard InChI is InChI=1S/C2H6O8S2.Na.H2O/c3-1(11(5,6)7)2(4)12(8,9)10;;/h1-4H,(H,5,6,7)(H,8,9,10);;1H2. The Morgan fingerprint density at radius 1 is 0.786 bits per heavy atom. The molecule has 0 saturated heterocycles. The Hall–Kier alpha value is 0.700. The summed E-state index contributed by atoms with van der Waals surface area (Å²) in [5.74, 6) is 0. The Balaban J connectivity index is -0.000000605. The third kappa shape index (κ3) is 6.23. The normalized spacial score (nSPS) is 16.0. The monoisotopic (exact) mass is 263 g/mol. The molecule has 6 N–H and O–H groups in total. The van der Waals surface area contributed by atoms with Gasteiger partial charge in [0.1, 0.15) is 0 Å². The van der Waals surface area contributed by atoms with E-state index >= 15 is 0 Å². The first-order valence-corrected chi connectivity index (χ1v) is 5.36. The molecule has 0 rings (SSSR count). The number of rotatable bonds is 3. The number of aliphatic hydroxyl groups is 2. The van der Waals surface area contributed by atoms with Crippen LogP contribution in [-0.4, -0.2) is 82.1 Å². The molecule has 1 radical (unpaired) electrons. The van der Waals surface area contributed by atoms with Crippen LogP contribution >= 0.6 is 0 Å². The first-order valence-electron chi connectivity index (χ1n) is 2.35. The van der Waals surface area contributed by atoms with E-state index in [9.17, 15) is 16.8 Å². The molecular weight excluding hydrogens is 255 g/mol. The minimum absolute atomic E-state index is 0. The maximum absolute atomic E-state index is 9.99. The first-order chi connectivity index (χ1) is 5.07. The maximum atomic E-state index is 9.99. The van der Waals surface area contributed by atoms with Gasteiger partial charge >= 0.3 is 0 Å². The van der Waals surface area contributed by atoms with E-state index in [-0.39, 0.29) is 35.0 Å². The topological polar surface area (TPSA) is 181 Å². The van der Waals surface area contributed by atoms with E-state index in [0.717, 1.165) is 0 Å². The molecule has 9 nitrogen and oxygen atoms in total. The van der Waals surface area contributed by atoms with Gasteiger partial charge in [-0.3, -0.25) is 9.11 Å². The molecule has 12 heteroatoms. The van der Waals surface area contributed by atoms with Crippen LogP contribution in [0.15, 0.2) is 0 Å². The van der Waals surface area contributed by atoms with Gasteiger partial charge in [-0.2, -0.15) is 16.8 Å². The second-order valence-electron chi connectivity index (χ2n) is 1.81. The van der Waals surface area contributed by atoms with Gasteiger partial charge in [-0.1, -0.05) is 0 Å². The molecule has 0 heterocycles. The second-order valence-corrected chi connectivity index (χ2v) is 4.84. The molecule has 0 aromatic heterocycles. The average Bonchev–Trinajstić information content (AvgIpc) is 1.80. The van der Waals surface area contributed by atoms with Crippen molar-refractivity contribution >= 4 is 49.8 Å². The van der Waals surface area contributed by atoms with Gasteiger partial charge in [0, 0.05) is 29.6 Å². The van der Waals surface area contributed by atoms with Crippen LogP contribution in [0.5, 0.6) is 0 Å². The summed E-state index contributed by atoms with van der Waals surface area (Å²) in [5.41, 5.74) is -5.96. The van der Waals surface area contributed by atoms with E-state index in [1.165, 1.54) is 0 Å². The molecule has 0 fully saturated rings. The summed E-state index contributed by atoms with van der Waals surface area (Å²) in [7, 11) is -10.2. The van der Waals surface area contributed by atoms with Crippen molar-refractivity contribution in [3.8, 4) is 0 Å². The van der Waals surface area contributed by atoms with Gasteiger partial charge < -0.3 is 15.7 Å². The molecule has 83 valence electrons. The molecule has 0 spiro atoms. The fraction of sp³-hybridized carbons (Fsp3) is 1.00. The fourth-order valence-corrected chi connectivity index (χ4v) is 1.73. The van der Waals surface area contributed by atoms with Gasteiger partial charge in [-0.15, -0.1) is 0 Å². The number of hydrogen-bond acceptors (Lipinski definition) is 6. The van der Waals surface area contributed by atoms with E-state index in [1.807, 2.05) is 0 Å². The van der Waals surface area contributed by atoms with Crippen LogP contribution in [0.2, 0.25) is 0 Å². The second kappa shape index (κ2) is 6.32. The third-order valence-corrected chi connectivity index (χ3v) is 2.76. The Morgan fingerprint density at radius 2 is 0.929 bits per heavy atom. The SMILES string of the molecule is O.O=S(=O)(O)C(O)C(O)S(=O)(=O)O.[Na]. The van der Waals surface area contributed by atoms with Crippen LogP contribution in [0.25, 0.3) is 0 Å². The van der Waals surface area contributed by atoms with Crippen molar-refractivity contribution in [1.82, 2.24) is 0 Å². The van der Waals surface area contributed by atoms with Gasteiger partial charge in [0.15, 0.2) is 0 Å². The van der Waals surface area contributed by atoms with Crippen molar-refractivity contribution in [3.63, 3.8) is 0 Å². The van der Waals surface area contributed by atoms with Crippen LogP contribution in [0.4, 0.5) is 0 Å². The van der Waals surface area contributed by atoms with Crippen LogP contribution < -0.4 is 0 Å². The van der Waals surface area contributed by atoms with Gasteiger partial charge in [0.2, 0.25) is 10.9 Å². The molecule has 0 aromatic carbocycles. The van der Waals surface area contributed by atoms with Crippen molar-refractivity contribution in [3.05, 3.63) is 0 Å². The van der Waals surface area contributed by atoms with Crippen molar-refractivity contribution in [2.24, 2.45) is 0 Å². The zero-order valence-corrected chi connectivity index (χ0v) is 10.5. The third-order valence-electron chi connectivity index (χ3n) is 0.854. The molecule has 0 aliphatic heterocycles. The van der Waals surface area contributed by atoms with E-state index in [2.05, 4.69) is 0 Å². The predicted molar refractivity (Wildman–Crippen MR) is 44.5 cm³/mol. The van der Waals surface area contributed by atoms with E-state index in [1.54, 1.807) is 0 Å². The minimum Gasteiger partial charge on any atom is -0.412 e. The summed E-state index contributed by atoms with van der Waals surface area (Å²) >= 11 is 0. The first kappa shape index (κ1) is 20.2. The molecule has 0 aliphatic carbocycles. The maximum Gasteiger partial charge on any atom is 0.295 e. The summed E-state index contributed by atoms with van der Waals surface area (Å²) in [4.78, 5) is 0. The summed E-state index contributed by atoms with van der Waals surface area (Å²) in [6.45, 7) is 0. The Morgan fingerprint density at radius 3 is 1.00 bits per heavy atom. The zero-order valence-electron chi connectivity index (χ0n) is 6.89. The molecule has 0 saturated carbocycles. The minimum atomic E-state index is -5.12. The quantitative estimate of drug-likeness (QED) is 0.295. The fourth-order valence-electron chi connectivity index (χ4n) is 0.294. The summed E-state index contributed by atoms with van der Waals surface area (Å²) in [6.07, 6.45) is 0. The van der Waals surface area contributed by atoms with Crippen LogP contribution in [0.1, 0.15) is 0 Å². The molecule has 0 aliphatic rings. The molecule has 0 aromatic rings. The zero-order chi connectivity index (χ0) is 10.2. The van der Waals surface area contributed by atoms with Crippen molar-refractivity contribution in [2.45, 2.75) is 10.9 Å². The van der Waals surface area contributed by atoms with Crippen molar-refractivity contribution < 1.29 is 41.6 Å². The Kier molecular flexibility index (Phi) is 9.10. The molecule has 0 amide bonds. The molecule has 14 heavy (non-hydrogen) atoms. The smallest absolute Gasteiger partial charge is 0.295 e. The molecule has 0 bridgehead atoms. The van der Waals surface area contributed by atoms with Gasteiger partial charge in [0.05, 0.1) is 0 Å². The Labute approximate surface area is 102 Å². The number of aliphatic hydroxyl groups excluding tert-OH is 2. The van der Waals surface area contributed by atoms with Crippen molar-refractivity contribution in [2.75, 3.05) is 0 Å². The van der Waals surface area contributed by atoms with E-state index in [0.29, 0.717) is 0 Å². The number of hydrogen-bond donors (Lipinski definition) is 4. The van der Waals surface area contributed by atoms with Crippen LogP contribution in [0.3, 0.4) is 0 Å². The van der Waals surface area contributed by atoms with Gasteiger partial charge in [-0.25, -0.2) is 0 Å². The van der Waals surface area contributed by atoms with Crippen LogP contribution in [-0.2, 0) is 20.2 Å². The van der Waals surface area contributed by atoms with E-state index in [4.69, 9.17) is 19.3 Å². The van der Waals surface area contributed by atoms with Crippen LogP contribution in [0, 0.1) is 0 Å². The largest absolute Gasteiger partial charge is 0.412 e. The average molecular weight is 263 g/mol. The van der Waals surface area contributed by atoms with Gasteiger partial charge in [0.25, 0.3) is 20.2 Å². The van der Waals surface area contributed by atoms with Gasteiger partial charge in [-0.05, 0) is 0 Å². The van der Waals surface area contributed by atoms with Crippen molar-refractivity contribution in [1.29, 1.82) is 0 Å². The Bertz CT molecular complexity index is 305. The summed E-state index contributed by atoms with van der Waals surface area (Å²) < 4.78 is 56.0. The summed E-state index contributed by atoms with van der Waals surface area (Å²) in [6, 6.07) is 0. The molecule has 2 atom stereocenters. The molecule has 2 unspecified atom stereocenters. The summed E-state index contributed by atoms with van der Waals surface area (Å²) in [5, 5.41) is 16.7. The predicted octanol–water partition coefficient (Wildman–Crippen LogP) is -3.81. The van der Waals surface area contributed by atoms with E-state index < -0.39 is 31.1 Å².